The van der Waals surface area contributed by atoms with Crippen LogP contribution in [0.25, 0.3) is 0 Å². The molecule has 1 amide bonds. The van der Waals surface area contributed by atoms with Gasteiger partial charge in [0.25, 0.3) is 0 Å². The molecule has 5 nitrogen and oxygen atoms in total. The first-order valence-electron chi connectivity index (χ1n) is 7.60. The summed E-state index contributed by atoms with van der Waals surface area (Å²) >= 11 is 0. The van der Waals surface area contributed by atoms with E-state index in [1.807, 2.05) is 20.8 Å². The van der Waals surface area contributed by atoms with E-state index in [1.54, 1.807) is 4.90 Å². The van der Waals surface area contributed by atoms with Crippen LogP contribution in [0, 0.1) is 17.3 Å². The van der Waals surface area contributed by atoms with Crippen molar-refractivity contribution in [2.75, 3.05) is 13.1 Å². The number of ether oxygens (including phenoxy) is 1. The van der Waals surface area contributed by atoms with Gasteiger partial charge in [-0.25, -0.2) is 4.79 Å². The number of piperidine rings is 1. The van der Waals surface area contributed by atoms with Crippen molar-refractivity contribution in [2.45, 2.75) is 60.0 Å². The Balaban J connectivity index is 2.79. The molecule has 1 N–H and O–H groups in total. The van der Waals surface area contributed by atoms with Crippen molar-refractivity contribution in [3.8, 4) is 0 Å². The van der Waals surface area contributed by atoms with Gasteiger partial charge < -0.3 is 14.7 Å². The van der Waals surface area contributed by atoms with E-state index in [0.29, 0.717) is 19.5 Å². The molecule has 1 saturated heterocycles. The van der Waals surface area contributed by atoms with Crippen molar-refractivity contribution < 1.29 is 19.4 Å². The lowest BCUT2D eigenvalue weighted by Gasteiger charge is -2.44. The second-order valence-electron chi connectivity index (χ2n) is 8.05. The highest BCUT2D eigenvalue weighted by atomic mass is 16.6. The maximum absolute atomic E-state index is 12.2. The molecule has 122 valence electrons. The standard InChI is InChI=1S/C16H29NO4/c1-15(2,3)12-10-17(14(20)21-16(4,5)6)8-7-11(12)9-13(18)19/h11-12H,7-10H2,1-6H3,(H,18,19). The Bertz CT molecular complexity index is 392. The van der Waals surface area contributed by atoms with Gasteiger partial charge in [-0.05, 0) is 44.4 Å². The number of carbonyl (C=O) groups excluding carboxylic acids is 1. The van der Waals surface area contributed by atoms with Crippen LogP contribution < -0.4 is 0 Å². The first-order chi connectivity index (χ1) is 9.40. The number of carboxylic acids is 1. The lowest BCUT2D eigenvalue weighted by atomic mass is 9.69. The number of likely N-dealkylation sites (tertiary alicyclic amines) is 1. The van der Waals surface area contributed by atoms with Gasteiger partial charge in [0.15, 0.2) is 0 Å². The second kappa shape index (κ2) is 6.24. The summed E-state index contributed by atoms with van der Waals surface area (Å²) in [6.45, 7) is 13.0. The van der Waals surface area contributed by atoms with Crippen LogP contribution in [0.5, 0.6) is 0 Å². The molecule has 1 aliphatic heterocycles. The average Bonchev–Trinajstić information content (AvgIpc) is 2.24. The second-order valence-corrected chi connectivity index (χ2v) is 8.05. The molecular weight excluding hydrogens is 270 g/mol. The Morgan fingerprint density at radius 3 is 2.19 bits per heavy atom. The monoisotopic (exact) mass is 299 g/mol. The quantitative estimate of drug-likeness (QED) is 0.848. The Labute approximate surface area is 127 Å². The van der Waals surface area contributed by atoms with Crippen molar-refractivity contribution in [3.63, 3.8) is 0 Å². The van der Waals surface area contributed by atoms with Gasteiger partial charge in [0.1, 0.15) is 5.60 Å². The van der Waals surface area contributed by atoms with Crippen molar-refractivity contribution in [2.24, 2.45) is 17.3 Å². The fraction of sp³-hybridized carbons (Fsp3) is 0.875. The summed E-state index contributed by atoms with van der Waals surface area (Å²) in [6, 6.07) is 0. The van der Waals surface area contributed by atoms with Crippen LogP contribution in [0.15, 0.2) is 0 Å². The lowest BCUT2D eigenvalue weighted by molar-refractivity contribution is -0.139. The molecule has 0 bridgehead atoms. The van der Waals surface area contributed by atoms with E-state index in [0.717, 1.165) is 0 Å². The number of carboxylic acid groups (broad SMARTS) is 1. The van der Waals surface area contributed by atoms with Crippen molar-refractivity contribution >= 4 is 12.1 Å². The lowest BCUT2D eigenvalue weighted by Crippen LogP contribution is -2.49. The van der Waals surface area contributed by atoms with Crippen LogP contribution in [0.2, 0.25) is 0 Å². The Morgan fingerprint density at radius 2 is 1.76 bits per heavy atom. The van der Waals surface area contributed by atoms with E-state index in [2.05, 4.69) is 20.8 Å². The Kier molecular flexibility index (Phi) is 5.29. The molecule has 0 radical (unpaired) electrons. The van der Waals surface area contributed by atoms with Gasteiger partial charge in [-0.3, -0.25) is 4.79 Å². The largest absolute Gasteiger partial charge is 0.481 e. The third-order valence-corrected chi connectivity index (χ3v) is 3.96. The van der Waals surface area contributed by atoms with E-state index >= 15 is 0 Å². The molecule has 0 aromatic heterocycles. The third-order valence-electron chi connectivity index (χ3n) is 3.96. The number of hydrogen-bond donors (Lipinski definition) is 1. The zero-order valence-corrected chi connectivity index (χ0v) is 14.1. The van der Waals surface area contributed by atoms with Crippen LogP contribution in [-0.4, -0.2) is 40.8 Å². The van der Waals surface area contributed by atoms with E-state index < -0.39 is 11.6 Å². The molecule has 2 unspecified atom stereocenters. The summed E-state index contributed by atoms with van der Waals surface area (Å²) in [5.74, 6) is -0.490. The normalized spacial score (nSPS) is 23.8. The minimum absolute atomic E-state index is 0.0409. The number of rotatable bonds is 2. The maximum atomic E-state index is 12.2. The van der Waals surface area contributed by atoms with Crippen LogP contribution in [0.3, 0.4) is 0 Å². The van der Waals surface area contributed by atoms with Gasteiger partial charge in [0.2, 0.25) is 0 Å². The number of carbonyl (C=O) groups is 2. The highest BCUT2D eigenvalue weighted by Gasteiger charge is 2.40. The number of hydrogen-bond acceptors (Lipinski definition) is 3. The number of amides is 1. The zero-order valence-electron chi connectivity index (χ0n) is 14.1. The van der Waals surface area contributed by atoms with Crippen molar-refractivity contribution in [1.82, 2.24) is 4.90 Å². The van der Waals surface area contributed by atoms with E-state index in [4.69, 9.17) is 9.84 Å². The van der Waals surface area contributed by atoms with Gasteiger partial charge in [0, 0.05) is 19.5 Å². The molecule has 0 aliphatic carbocycles. The van der Waals surface area contributed by atoms with E-state index in [9.17, 15) is 9.59 Å². The van der Waals surface area contributed by atoms with Crippen LogP contribution >= 0.6 is 0 Å². The molecule has 0 spiro atoms. The predicted octanol–water partition coefficient (Wildman–Crippen LogP) is 3.38. The molecule has 21 heavy (non-hydrogen) atoms. The fourth-order valence-corrected chi connectivity index (χ4v) is 2.94. The van der Waals surface area contributed by atoms with Gasteiger partial charge >= 0.3 is 12.1 Å². The number of nitrogens with zero attached hydrogens (tertiary/aromatic N) is 1. The predicted molar refractivity (Wildman–Crippen MR) is 81.1 cm³/mol. The van der Waals surface area contributed by atoms with Crippen LogP contribution in [0.4, 0.5) is 4.79 Å². The summed E-state index contributed by atoms with van der Waals surface area (Å²) in [6.07, 6.45) is 0.586. The molecule has 1 fully saturated rings. The zero-order chi connectivity index (χ0) is 16.4. The van der Waals surface area contributed by atoms with Gasteiger partial charge in [0.05, 0.1) is 0 Å². The van der Waals surface area contributed by atoms with Crippen LogP contribution in [-0.2, 0) is 9.53 Å². The minimum Gasteiger partial charge on any atom is -0.481 e. The van der Waals surface area contributed by atoms with Gasteiger partial charge in [-0.15, -0.1) is 0 Å². The Morgan fingerprint density at radius 1 is 1.19 bits per heavy atom. The molecule has 0 aromatic carbocycles. The van der Waals surface area contributed by atoms with Gasteiger partial charge in [-0.2, -0.15) is 0 Å². The molecule has 5 heteroatoms. The molecule has 2 atom stereocenters. The summed E-state index contributed by atoms with van der Waals surface area (Å²) < 4.78 is 5.43. The summed E-state index contributed by atoms with van der Waals surface area (Å²) in [5, 5.41) is 9.07. The first-order valence-corrected chi connectivity index (χ1v) is 7.60. The number of aliphatic carboxylic acids is 1. The third kappa shape index (κ3) is 5.56. The van der Waals surface area contributed by atoms with E-state index in [-0.39, 0.29) is 29.8 Å². The average molecular weight is 299 g/mol. The molecule has 0 aromatic rings. The van der Waals surface area contributed by atoms with Crippen LogP contribution in [0.1, 0.15) is 54.4 Å². The molecule has 0 saturated carbocycles. The summed E-state index contributed by atoms with van der Waals surface area (Å²) in [5.41, 5.74) is -0.549. The highest BCUT2D eigenvalue weighted by Crippen LogP contribution is 2.39. The Hall–Kier alpha value is -1.26. The molecular formula is C16H29NO4. The molecule has 1 heterocycles. The smallest absolute Gasteiger partial charge is 0.410 e. The topological polar surface area (TPSA) is 66.8 Å². The fourth-order valence-electron chi connectivity index (χ4n) is 2.94. The SMILES string of the molecule is CC(C)(C)OC(=O)N1CCC(CC(=O)O)C(C(C)(C)C)C1. The summed E-state index contributed by atoms with van der Waals surface area (Å²) in [7, 11) is 0. The van der Waals surface area contributed by atoms with Crippen molar-refractivity contribution in [3.05, 3.63) is 0 Å². The highest BCUT2D eigenvalue weighted by molar-refractivity contribution is 5.69. The molecule has 1 aliphatic rings. The maximum Gasteiger partial charge on any atom is 0.410 e. The molecule has 1 rings (SSSR count). The van der Waals surface area contributed by atoms with Gasteiger partial charge in [-0.1, -0.05) is 20.8 Å². The van der Waals surface area contributed by atoms with Crippen molar-refractivity contribution in [1.29, 1.82) is 0 Å². The minimum atomic E-state index is -0.764. The summed E-state index contributed by atoms with van der Waals surface area (Å²) in [4.78, 5) is 25.0. The first kappa shape index (κ1) is 17.8. The van der Waals surface area contributed by atoms with E-state index in [1.165, 1.54) is 0 Å².